The highest BCUT2D eigenvalue weighted by Gasteiger charge is 2.21. The number of nitriles is 1. The van der Waals surface area contributed by atoms with Crippen LogP contribution in [0.1, 0.15) is 17.0 Å². The third kappa shape index (κ3) is 6.06. The Labute approximate surface area is 236 Å². The molecule has 0 spiro atoms. The number of nitro benzene ring substituents is 2. The Bertz CT molecular complexity index is 1700. The molecule has 3 aromatic carbocycles. The van der Waals surface area contributed by atoms with E-state index in [0.717, 1.165) is 33.7 Å². The summed E-state index contributed by atoms with van der Waals surface area (Å²) in [6.45, 7) is 3.73. The topological polar surface area (TPSA) is 153 Å². The average molecular weight is 602 g/mol. The van der Waals surface area contributed by atoms with Gasteiger partial charge in [0, 0.05) is 33.3 Å². The quantitative estimate of drug-likeness (QED) is 0.0985. The van der Waals surface area contributed by atoms with Crippen molar-refractivity contribution < 1.29 is 19.4 Å². The number of hydrogen-bond donors (Lipinski definition) is 1. The number of carbonyl (C=O) groups excluding carboxylic acids is 1. The van der Waals surface area contributed by atoms with Crippen molar-refractivity contribution in [2.75, 3.05) is 5.32 Å². The first kappa shape index (κ1) is 27.7. The number of benzene rings is 3. The lowest BCUT2D eigenvalue weighted by atomic mass is 10.1. The zero-order chi connectivity index (χ0) is 29.0. The van der Waals surface area contributed by atoms with E-state index >= 15 is 0 Å². The van der Waals surface area contributed by atoms with Gasteiger partial charge in [-0.05, 0) is 86.2 Å². The summed E-state index contributed by atoms with van der Waals surface area (Å²) in [5.41, 5.74) is 2.61. The van der Waals surface area contributed by atoms with Gasteiger partial charge >= 0.3 is 5.69 Å². The van der Waals surface area contributed by atoms with Gasteiger partial charge in [0.05, 0.1) is 15.9 Å². The van der Waals surface area contributed by atoms with Crippen LogP contribution in [0.25, 0.3) is 11.8 Å². The highest BCUT2D eigenvalue weighted by Crippen LogP contribution is 2.35. The first-order valence-corrected chi connectivity index (χ1v) is 12.5. The summed E-state index contributed by atoms with van der Waals surface area (Å²) >= 11 is 3.34. The molecule has 0 saturated heterocycles. The van der Waals surface area contributed by atoms with Crippen molar-refractivity contribution in [2.45, 2.75) is 13.8 Å². The van der Waals surface area contributed by atoms with Crippen molar-refractivity contribution in [3.8, 4) is 23.3 Å². The number of rotatable bonds is 8. The summed E-state index contributed by atoms with van der Waals surface area (Å²) in [6, 6.07) is 20.7. The average Bonchev–Trinajstić information content (AvgIpc) is 3.21. The van der Waals surface area contributed by atoms with E-state index in [0.29, 0.717) is 17.0 Å². The molecule has 11 nitrogen and oxygen atoms in total. The minimum absolute atomic E-state index is 0.0587. The first-order chi connectivity index (χ1) is 19.1. The standard InChI is InChI=1S/C28H20BrN5O6/c1-17-13-19(14-20(16-30)28(35)31-22-5-3-21(29)4-6-22)18(2)32(17)23-7-10-25(11-8-23)40-27-12-9-24(33(36)37)15-26(27)34(38)39/h3-15H,1-2H3,(H,31,35)/b20-14-. The molecule has 1 N–H and O–H groups in total. The summed E-state index contributed by atoms with van der Waals surface area (Å²) in [4.78, 5) is 33.6. The van der Waals surface area contributed by atoms with Gasteiger partial charge in [0.15, 0.2) is 0 Å². The fourth-order valence-corrected chi connectivity index (χ4v) is 4.27. The molecule has 0 bridgehead atoms. The Morgan fingerprint density at radius 1 is 1.00 bits per heavy atom. The van der Waals surface area contributed by atoms with Gasteiger partial charge < -0.3 is 14.6 Å². The molecule has 0 saturated carbocycles. The third-order valence-corrected chi connectivity index (χ3v) is 6.44. The number of halogens is 1. The number of nitro groups is 2. The SMILES string of the molecule is Cc1cc(/C=C(/C#N)C(=O)Nc2ccc(Br)cc2)c(C)n1-c1ccc(Oc2ccc([N+](=O)[O-])cc2[N+](=O)[O-])cc1. The zero-order valence-corrected chi connectivity index (χ0v) is 22.7. The smallest absolute Gasteiger partial charge is 0.318 e. The number of nitrogens with zero attached hydrogens (tertiary/aromatic N) is 4. The minimum Gasteiger partial charge on any atom is -0.450 e. The zero-order valence-electron chi connectivity index (χ0n) is 21.1. The normalized spacial score (nSPS) is 11.0. The maximum atomic E-state index is 12.7. The minimum atomic E-state index is -0.743. The Morgan fingerprint density at radius 3 is 2.27 bits per heavy atom. The number of ether oxygens (including phenoxy) is 1. The molecule has 0 aliphatic carbocycles. The summed E-state index contributed by atoms with van der Waals surface area (Å²) in [5, 5.41) is 34.7. The van der Waals surface area contributed by atoms with Crippen molar-refractivity contribution in [2.24, 2.45) is 0 Å². The van der Waals surface area contributed by atoms with Gasteiger partial charge in [0.1, 0.15) is 17.4 Å². The van der Waals surface area contributed by atoms with E-state index in [1.807, 2.05) is 30.6 Å². The number of non-ortho nitro benzene ring substituents is 1. The van der Waals surface area contributed by atoms with E-state index in [-0.39, 0.29) is 11.3 Å². The van der Waals surface area contributed by atoms with Crippen LogP contribution in [0.4, 0.5) is 17.1 Å². The predicted octanol–water partition coefficient (Wildman–Crippen LogP) is 7.01. The van der Waals surface area contributed by atoms with Crippen molar-refractivity contribution in [3.63, 3.8) is 0 Å². The van der Waals surface area contributed by atoms with Crippen molar-refractivity contribution in [3.05, 3.63) is 120 Å². The fraction of sp³-hybridized carbons (Fsp3) is 0.0714. The number of anilines is 1. The molecule has 0 fully saturated rings. The molecule has 0 aliphatic heterocycles. The van der Waals surface area contributed by atoms with Crippen molar-refractivity contribution in [1.82, 2.24) is 4.57 Å². The van der Waals surface area contributed by atoms with Gasteiger partial charge in [-0.3, -0.25) is 25.0 Å². The third-order valence-electron chi connectivity index (χ3n) is 5.91. The summed E-state index contributed by atoms with van der Waals surface area (Å²) in [5.74, 6) is -0.370. The van der Waals surface area contributed by atoms with Gasteiger partial charge in [0.2, 0.25) is 5.75 Å². The second-order valence-electron chi connectivity index (χ2n) is 8.55. The van der Waals surface area contributed by atoms with Gasteiger partial charge in [-0.2, -0.15) is 5.26 Å². The van der Waals surface area contributed by atoms with E-state index in [2.05, 4.69) is 21.2 Å². The second kappa shape index (κ2) is 11.6. The second-order valence-corrected chi connectivity index (χ2v) is 9.47. The molecule has 0 radical (unpaired) electrons. The summed E-state index contributed by atoms with van der Waals surface area (Å²) in [7, 11) is 0. The van der Waals surface area contributed by atoms with Gasteiger partial charge in [0.25, 0.3) is 11.6 Å². The van der Waals surface area contributed by atoms with Gasteiger partial charge in [-0.1, -0.05) is 15.9 Å². The number of amides is 1. The molecule has 0 unspecified atom stereocenters. The molecule has 40 heavy (non-hydrogen) atoms. The van der Waals surface area contributed by atoms with Gasteiger partial charge in [-0.15, -0.1) is 0 Å². The van der Waals surface area contributed by atoms with Gasteiger partial charge in [-0.25, -0.2) is 0 Å². The number of nitrogens with one attached hydrogen (secondary N) is 1. The number of aryl methyl sites for hydroxylation is 1. The molecule has 1 aromatic heterocycles. The molecule has 200 valence electrons. The lowest BCUT2D eigenvalue weighted by Gasteiger charge is -2.11. The predicted molar refractivity (Wildman–Crippen MR) is 151 cm³/mol. The molecular formula is C28H20BrN5O6. The van der Waals surface area contributed by atoms with E-state index in [9.17, 15) is 30.3 Å². The lowest BCUT2D eigenvalue weighted by Crippen LogP contribution is -2.13. The first-order valence-electron chi connectivity index (χ1n) is 11.7. The Kier molecular flexibility index (Phi) is 8.07. The van der Waals surface area contributed by atoms with Crippen LogP contribution in [0.2, 0.25) is 0 Å². The largest absolute Gasteiger partial charge is 0.450 e. The Morgan fingerprint density at radius 2 is 1.68 bits per heavy atom. The maximum Gasteiger partial charge on any atom is 0.318 e. The van der Waals surface area contributed by atoms with E-state index in [1.165, 1.54) is 12.1 Å². The van der Waals surface area contributed by atoms with Crippen LogP contribution in [-0.4, -0.2) is 20.3 Å². The number of aromatic nitrogens is 1. The van der Waals surface area contributed by atoms with Crippen LogP contribution < -0.4 is 10.1 Å². The van der Waals surface area contributed by atoms with E-state index < -0.39 is 27.1 Å². The van der Waals surface area contributed by atoms with Crippen LogP contribution in [0.3, 0.4) is 0 Å². The monoisotopic (exact) mass is 601 g/mol. The van der Waals surface area contributed by atoms with E-state index in [4.69, 9.17) is 4.74 Å². The highest BCUT2D eigenvalue weighted by atomic mass is 79.9. The van der Waals surface area contributed by atoms with Crippen LogP contribution in [0, 0.1) is 45.4 Å². The molecule has 12 heteroatoms. The molecular weight excluding hydrogens is 582 g/mol. The number of hydrogen-bond acceptors (Lipinski definition) is 7. The molecule has 1 amide bonds. The van der Waals surface area contributed by atoms with Crippen molar-refractivity contribution in [1.29, 1.82) is 5.26 Å². The number of carbonyl (C=O) groups is 1. The van der Waals surface area contributed by atoms with Crippen LogP contribution in [0.5, 0.6) is 11.5 Å². The van der Waals surface area contributed by atoms with Crippen LogP contribution >= 0.6 is 15.9 Å². The van der Waals surface area contributed by atoms with Crippen molar-refractivity contribution >= 4 is 45.0 Å². The van der Waals surface area contributed by atoms with Crippen LogP contribution in [0.15, 0.2) is 82.8 Å². The fourth-order valence-electron chi connectivity index (χ4n) is 4.01. The van der Waals surface area contributed by atoms with Crippen LogP contribution in [-0.2, 0) is 4.79 Å². The highest BCUT2D eigenvalue weighted by molar-refractivity contribution is 9.10. The maximum absolute atomic E-state index is 12.7. The Balaban J connectivity index is 1.57. The Hall–Kier alpha value is -5.28. The molecule has 1 heterocycles. The molecule has 0 atom stereocenters. The molecule has 4 rings (SSSR count). The lowest BCUT2D eigenvalue weighted by molar-refractivity contribution is -0.394. The molecule has 0 aliphatic rings. The molecule has 4 aromatic rings. The van der Waals surface area contributed by atoms with E-state index in [1.54, 1.807) is 48.5 Å². The summed E-state index contributed by atoms with van der Waals surface area (Å²) in [6.07, 6.45) is 1.53. The summed E-state index contributed by atoms with van der Waals surface area (Å²) < 4.78 is 8.43.